The van der Waals surface area contributed by atoms with Gasteiger partial charge in [0.25, 0.3) is 5.56 Å². The van der Waals surface area contributed by atoms with Crippen LogP contribution in [0.4, 0.5) is 0 Å². The van der Waals surface area contributed by atoms with E-state index >= 15 is 0 Å². The molecule has 1 aliphatic carbocycles. The minimum Gasteiger partial charge on any atom is -0.340 e. The van der Waals surface area contributed by atoms with E-state index < -0.39 is 0 Å². The summed E-state index contributed by atoms with van der Waals surface area (Å²) < 4.78 is 1.57. The number of likely N-dealkylation sites (tertiary alicyclic amines) is 2. The largest absolute Gasteiger partial charge is 0.340 e. The Kier molecular flexibility index (Phi) is 4.64. The molecule has 1 unspecified atom stereocenters. The zero-order chi connectivity index (χ0) is 20.0. The summed E-state index contributed by atoms with van der Waals surface area (Å²) in [6.45, 7) is 2.21. The lowest BCUT2D eigenvalue weighted by atomic mass is 9.95. The van der Waals surface area contributed by atoms with Crippen molar-refractivity contribution in [2.75, 3.05) is 26.2 Å². The van der Waals surface area contributed by atoms with Crippen molar-refractivity contribution >= 4 is 17.5 Å². The van der Waals surface area contributed by atoms with Crippen molar-refractivity contribution in [3.8, 4) is 0 Å². The highest BCUT2D eigenvalue weighted by molar-refractivity contribution is 5.86. The van der Waals surface area contributed by atoms with Crippen LogP contribution in [0.25, 0.3) is 5.65 Å². The van der Waals surface area contributed by atoms with Gasteiger partial charge in [-0.05, 0) is 44.9 Å². The fourth-order valence-corrected chi connectivity index (χ4v) is 4.98. The summed E-state index contributed by atoms with van der Waals surface area (Å²) in [5.41, 5.74) is 3.45. The Bertz CT molecular complexity index is 1020. The van der Waals surface area contributed by atoms with Crippen LogP contribution in [0.1, 0.15) is 61.4 Å². The first-order chi connectivity index (χ1) is 14.1. The van der Waals surface area contributed by atoms with Crippen molar-refractivity contribution < 1.29 is 9.59 Å². The van der Waals surface area contributed by atoms with Crippen molar-refractivity contribution in [2.24, 2.45) is 0 Å². The molecule has 0 aromatic carbocycles. The first-order valence-electron chi connectivity index (χ1n) is 10.8. The average molecular weight is 397 g/mol. The molecule has 8 heteroatoms. The van der Waals surface area contributed by atoms with Gasteiger partial charge in [-0.3, -0.25) is 19.5 Å². The second kappa shape index (κ2) is 7.31. The van der Waals surface area contributed by atoms with Crippen LogP contribution in [-0.4, -0.2) is 62.4 Å². The Morgan fingerprint density at radius 2 is 1.97 bits per heavy atom. The molecule has 5 rings (SSSR count). The third-order valence-corrected chi connectivity index (χ3v) is 6.62. The number of carbonyl (C=O) groups is 2. The third kappa shape index (κ3) is 3.34. The molecule has 2 aromatic heterocycles. The topological polar surface area (TPSA) is 90.8 Å². The summed E-state index contributed by atoms with van der Waals surface area (Å²) in [4.78, 5) is 45.7. The number of rotatable bonds is 3. The zero-order valence-electron chi connectivity index (χ0n) is 16.7. The van der Waals surface area contributed by atoms with E-state index in [9.17, 15) is 14.4 Å². The van der Waals surface area contributed by atoms with Gasteiger partial charge in [0, 0.05) is 49.3 Å². The number of carbonyl (C=O) groups excluding carboxylic acids is 2. The Morgan fingerprint density at radius 1 is 1.10 bits per heavy atom. The van der Waals surface area contributed by atoms with Crippen LogP contribution in [0.5, 0.6) is 0 Å². The van der Waals surface area contributed by atoms with E-state index in [1.807, 2.05) is 11.0 Å². The monoisotopic (exact) mass is 397 g/mol. The molecule has 2 aromatic rings. The van der Waals surface area contributed by atoms with E-state index in [-0.39, 0.29) is 29.8 Å². The highest BCUT2D eigenvalue weighted by Crippen LogP contribution is 2.27. The van der Waals surface area contributed by atoms with E-state index in [0.717, 1.165) is 68.4 Å². The molecule has 8 nitrogen and oxygen atoms in total. The number of fused-ring (bicyclic) bond motifs is 2. The van der Waals surface area contributed by atoms with Crippen molar-refractivity contribution in [3.63, 3.8) is 0 Å². The molecule has 3 aliphatic rings. The summed E-state index contributed by atoms with van der Waals surface area (Å²) in [5.74, 6) is 0.254. The molecule has 1 atom stereocenters. The second-order valence-electron chi connectivity index (χ2n) is 8.55. The molecule has 2 aliphatic heterocycles. The molecule has 0 spiro atoms. The van der Waals surface area contributed by atoms with Crippen LogP contribution in [-0.2, 0) is 22.4 Å². The Morgan fingerprint density at radius 3 is 2.79 bits per heavy atom. The van der Waals surface area contributed by atoms with Crippen molar-refractivity contribution in [1.82, 2.24) is 24.4 Å². The standard InChI is InChI=1S/C21H27N5O3/c27-19-8-4-10-25(19)13-20(28)24-9-3-5-14(12-24)17-11-18-22-16-7-2-1-6-15(16)21(29)26(18)23-17/h11,14,23H,1-10,12-13H2. The van der Waals surface area contributed by atoms with Gasteiger partial charge < -0.3 is 9.80 Å². The van der Waals surface area contributed by atoms with Crippen LogP contribution in [0.2, 0.25) is 0 Å². The molecule has 0 bridgehead atoms. The number of aryl methyl sites for hydroxylation is 1. The van der Waals surface area contributed by atoms with E-state index in [1.165, 1.54) is 0 Å². The molecule has 2 saturated heterocycles. The van der Waals surface area contributed by atoms with E-state index in [2.05, 4.69) is 5.10 Å². The summed E-state index contributed by atoms with van der Waals surface area (Å²) >= 11 is 0. The molecule has 0 saturated carbocycles. The highest BCUT2D eigenvalue weighted by Gasteiger charge is 2.30. The van der Waals surface area contributed by atoms with E-state index in [1.54, 1.807) is 9.42 Å². The fraction of sp³-hybridized carbons (Fsp3) is 0.619. The van der Waals surface area contributed by atoms with Crippen LogP contribution >= 0.6 is 0 Å². The Hall–Kier alpha value is -2.64. The van der Waals surface area contributed by atoms with Gasteiger partial charge in [0.05, 0.1) is 12.2 Å². The maximum atomic E-state index is 12.9. The molecule has 2 fully saturated rings. The number of hydrogen-bond donors (Lipinski definition) is 1. The summed E-state index contributed by atoms with van der Waals surface area (Å²) in [6.07, 6.45) is 7.09. The molecule has 1 N–H and O–H groups in total. The molecular weight excluding hydrogens is 370 g/mol. The smallest absolute Gasteiger partial charge is 0.276 e. The average Bonchev–Trinajstić information content (AvgIpc) is 3.35. The Balaban J connectivity index is 1.36. The second-order valence-corrected chi connectivity index (χ2v) is 8.55. The van der Waals surface area contributed by atoms with E-state index in [0.29, 0.717) is 25.2 Å². The van der Waals surface area contributed by atoms with Gasteiger partial charge >= 0.3 is 0 Å². The first kappa shape index (κ1) is 18.4. The summed E-state index contributed by atoms with van der Waals surface area (Å²) in [7, 11) is 0. The van der Waals surface area contributed by atoms with Crippen molar-refractivity contribution in [3.05, 3.63) is 33.4 Å². The number of aromatic amines is 1. The predicted octanol–water partition coefficient (Wildman–Crippen LogP) is 1.23. The number of hydrogen-bond acceptors (Lipinski definition) is 4. The quantitative estimate of drug-likeness (QED) is 0.843. The molecule has 0 radical (unpaired) electrons. The normalized spacial score (nSPS) is 22.3. The molecule has 29 heavy (non-hydrogen) atoms. The summed E-state index contributed by atoms with van der Waals surface area (Å²) in [5, 5.41) is 3.26. The van der Waals surface area contributed by atoms with E-state index in [4.69, 9.17) is 4.98 Å². The highest BCUT2D eigenvalue weighted by atomic mass is 16.2. The minimum atomic E-state index is 0.0202. The van der Waals surface area contributed by atoms with Crippen molar-refractivity contribution in [1.29, 1.82) is 0 Å². The lowest BCUT2D eigenvalue weighted by Gasteiger charge is -2.33. The predicted molar refractivity (Wildman–Crippen MR) is 107 cm³/mol. The SMILES string of the molecule is O=C1CCCN1CC(=O)N1CCCC(c2cc3nc4c(c(=O)n3[nH]2)CCCC4)C1. The maximum Gasteiger partial charge on any atom is 0.276 e. The van der Waals surface area contributed by atoms with Crippen LogP contribution < -0.4 is 5.56 Å². The number of nitrogens with one attached hydrogen (secondary N) is 1. The lowest BCUT2D eigenvalue weighted by molar-refractivity contribution is -0.139. The number of amides is 2. The molecular formula is C21H27N5O3. The third-order valence-electron chi connectivity index (χ3n) is 6.62. The van der Waals surface area contributed by atoms with Crippen LogP contribution in [0.15, 0.2) is 10.9 Å². The number of H-pyrrole nitrogens is 1. The van der Waals surface area contributed by atoms with Gasteiger partial charge in [0.15, 0.2) is 5.65 Å². The number of nitrogens with zero attached hydrogens (tertiary/aromatic N) is 4. The minimum absolute atomic E-state index is 0.0202. The fourth-order valence-electron chi connectivity index (χ4n) is 4.98. The van der Waals surface area contributed by atoms with Gasteiger partial charge in [-0.15, -0.1) is 0 Å². The van der Waals surface area contributed by atoms with Crippen molar-refractivity contribution in [2.45, 2.75) is 57.3 Å². The van der Waals surface area contributed by atoms with Crippen LogP contribution in [0, 0.1) is 0 Å². The Labute approximate surface area is 168 Å². The molecule has 154 valence electrons. The van der Waals surface area contributed by atoms with Gasteiger partial charge in [-0.1, -0.05) is 0 Å². The van der Waals surface area contributed by atoms with Crippen LogP contribution in [0.3, 0.4) is 0 Å². The summed E-state index contributed by atoms with van der Waals surface area (Å²) in [6, 6.07) is 1.97. The lowest BCUT2D eigenvalue weighted by Crippen LogP contribution is -2.45. The first-order valence-corrected chi connectivity index (χ1v) is 10.8. The molecule has 2 amide bonds. The molecule has 4 heterocycles. The number of aromatic nitrogens is 3. The maximum absolute atomic E-state index is 12.9. The van der Waals surface area contributed by atoms with Gasteiger partial charge in [-0.25, -0.2) is 9.50 Å². The van der Waals surface area contributed by atoms with Gasteiger partial charge in [-0.2, -0.15) is 0 Å². The number of piperidine rings is 1. The van der Waals surface area contributed by atoms with Gasteiger partial charge in [0.2, 0.25) is 11.8 Å². The van der Waals surface area contributed by atoms with Gasteiger partial charge in [0.1, 0.15) is 0 Å². The zero-order valence-corrected chi connectivity index (χ0v) is 16.7.